The van der Waals surface area contributed by atoms with E-state index in [9.17, 15) is 9.90 Å². The summed E-state index contributed by atoms with van der Waals surface area (Å²) in [5, 5.41) is 13.3. The molecular weight excluding hydrogens is 771 g/mol. The Kier molecular flexibility index (Phi) is 11.5. The van der Waals surface area contributed by atoms with Crippen LogP contribution in [0, 0.1) is 30.2 Å². The van der Waals surface area contributed by atoms with Crippen molar-refractivity contribution in [3.63, 3.8) is 0 Å². The van der Waals surface area contributed by atoms with E-state index in [-0.39, 0.29) is 54.3 Å². The van der Waals surface area contributed by atoms with Crippen molar-refractivity contribution < 1.29 is 34.4 Å². The van der Waals surface area contributed by atoms with Gasteiger partial charge in [0.15, 0.2) is 5.78 Å². The van der Waals surface area contributed by atoms with E-state index in [0.29, 0.717) is 0 Å². The van der Waals surface area contributed by atoms with E-state index in [1.807, 2.05) is 39.8 Å². The van der Waals surface area contributed by atoms with Gasteiger partial charge in [-0.25, -0.2) is 0 Å². The molecule has 1 radical (unpaired) electrons. The van der Waals surface area contributed by atoms with Crippen LogP contribution in [0.3, 0.4) is 0 Å². The van der Waals surface area contributed by atoms with Gasteiger partial charge in [-0.3, -0.25) is 9.78 Å². The number of aromatic nitrogens is 1. The van der Waals surface area contributed by atoms with E-state index in [4.69, 9.17) is 9.40 Å². The van der Waals surface area contributed by atoms with E-state index in [2.05, 4.69) is 84.0 Å². The van der Waals surface area contributed by atoms with Crippen molar-refractivity contribution in [2.24, 2.45) is 17.3 Å². The zero-order valence-electron chi connectivity index (χ0n) is 30.4. The number of hydrogen-bond acceptors (Lipinski definition) is 4. The first-order chi connectivity index (χ1) is 22.2. The summed E-state index contributed by atoms with van der Waals surface area (Å²) in [7, 11) is 0. The third kappa shape index (κ3) is 7.19. The third-order valence-electron chi connectivity index (χ3n) is 10.0. The summed E-state index contributed by atoms with van der Waals surface area (Å²) >= 11 is 0. The van der Waals surface area contributed by atoms with Crippen LogP contribution in [0.4, 0.5) is 0 Å². The molecule has 0 amide bonds. The number of furan rings is 1. The SMILES string of the molecule is CCC(CC)C(=O)/C=C(\O)C(CC)CC.Cc1ccc2nc3c(cc2c1)C(C)(C)c1ccc(CC(C)(C)C)c2oc4cc[c-]c-3c4c12.[Ir]. The molecule has 5 aromatic rings. The average Bonchev–Trinajstić information content (AvgIpc) is 3.38. The number of aryl methyl sites for hydroxylation is 1. The van der Waals surface area contributed by atoms with Crippen molar-refractivity contribution in [3.05, 3.63) is 88.7 Å². The number of carbonyl (C=O) groups is 1. The second-order valence-electron chi connectivity index (χ2n) is 15.1. The van der Waals surface area contributed by atoms with Crippen LogP contribution in [-0.4, -0.2) is 15.9 Å². The number of ketones is 1. The summed E-state index contributed by atoms with van der Waals surface area (Å²) in [6.45, 7) is 21.7. The first-order valence-electron chi connectivity index (χ1n) is 17.5. The predicted molar refractivity (Wildman–Crippen MR) is 197 cm³/mol. The summed E-state index contributed by atoms with van der Waals surface area (Å²) in [5.74, 6) is 0.547. The predicted octanol–water partition coefficient (Wildman–Crippen LogP) is 12.0. The maximum absolute atomic E-state index is 11.7. The monoisotopic (exact) mass is 823 g/mol. The molecule has 1 aliphatic carbocycles. The maximum atomic E-state index is 11.7. The Balaban J connectivity index is 0.000000279. The fourth-order valence-electron chi connectivity index (χ4n) is 7.22. The van der Waals surface area contributed by atoms with Gasteiger partial charge in [-0.05, 0) is 84.2 Å². The largest absolute Gasteiger partial charge is 0.512 e. The van der Waals surface area contributed by atoms with Crippen molar-refractivity contribution in [1.82, 2.24) is 4.98 Å². The number of nitrogens with zero attached hydrogens (tertiary/aromatic N) is 1. The standard InChI is InChI=1S/C30H28NO.C13H24O2.Ir/c1-17-10-13-23-19(14-17)15-22-27(31-23)20-8-7-9-24-25(20)26-21(30(22,5)6)12-11-18(28(26)32-24)16-29(2,3)4;1-5-10(6-2)12(14)9-13(15)11(7-3)8-4;/h7,9-15H,16H2,1-6H3;9-11,14H,5-8H2,1-4H3;/q-1;;/b;12-9-;. The normalized spacial score (nSPS) is 13.9. The second-order valence-corrected chi connectivity index (χ2v) is 15.1. The zero-order chi connectivity index (χ0) is 34.3. The number of benzene rings is 3. The van der Waals surface area contributed by atoms with Gasteiger partial charge in [-0.2, -0.15) is 0 Å². The minimum Gasteiger partial charge on any atom is -0.512 e. The number of rotatable bonds is 8. The summed E-state index contributed by atoms with van der Waals surface area (Å²) in [5.41, 5.74) is 10.1. The first-order valence-corrected chi connectivity index (χ1v) is 17.5. The molecule has 257 valence electrons. The van der Waals surface area contributed by atoms with Gasteiger partial charge in [0, 0.05) is 43.4 Å². The van der Waals surface area contributed by atoms with Gasteiger partial charge in [0.2, 0.25) is 0 Å². The first kappa shape index (κ1) is 37.5. The van der Waals surface area contributed by atoms with E-state index in [1.54, 1.807) is 0 Å². The molecule has 1 N–H and O–H groups in total. The van der Waals surface area contributed by atoms with Gasteiger partial charge in [0.05, 0.1) is 16.9 Å². The molecule has 3 aromatic carbocycles. The molecule has 2 aromatic heterocycles. The Morgan fingerprint density at radius 1 is 0.938 bits per heavy atom. The average molecular weight is 823 g/mol. The van der Waals surface area contributed by atoms with Crippen molar-refractivity contribution in [2.75, 3.05) is 0 Å². The minimum atomic E-state index is -0.220. The van der Waals surface area contributed by atoms with Crippen molar-refractivity contribution >= 4 is 38.6 Å². The molecule has 4 nitrogen and oxygen atoms in total. The van der Waals surface area contributed by atoms with E-state index in [0.717, 1.165) is 65.4 Å². The fraction of sp³-hybridized carbons (Fsp3) is 0.442. The van der Waals surface area contributed by atoms with Crippen LogP contribution < -0.4 is 0 Å². The molecule has 0 fully saturated rings. The quantitative estimate of drug-likeness (QED) is 0.0962. The topological polar surface area (TPSA) is 63.3 Å². The Morgan fingerprint density at radius 3 is 2.23 bits per heavy atom. The van der Waals surface area contributed by atoms with E-state index >= 15 is 0 Å². The number of allylic oxidation sites excluding steroid dienone is 2. The molecule has 0 atom stereocenters. The van der Waals surface area contributed by atoms with Gasteiger partial charge in [-0.15, -0.1) is 17.7 Å². The molecule has 5 heteroatoms. The van der Waals surface area contributed by atoms with Crippen LogP contribution in [0.1, 0.15) is 110 Å². The Morgan fingerprint density at radius 2 is 1.60 bits per heavy atom. The zero-order valence-corrected chi connectivity index (χ0v) is 32.8. The summed E-state index contributed by atoms with van der Waals surface area (Å²) in [6, 6.07) is 21.0. The minimum absolute atomic E-state index is 0. The van der Waals surface area contributed by atoms with Crippen LogP contribution in [0.25, 0.3) is 44.1 Å². The number of fused-ring (bicyclic) bond motifs is 3. The smallest absolute Gasteiger partial charge is 0.162 e. The number of aliphatic hydroxyl groups is 1. The number of aliphatic hydroxyl groups excluding tert-OH is 1. The van der Waals surface area contributed by atoms with Crippen molar-refractivity contribution in [1.29, 1.82) is 0 Å². The van der Waals surface area contributed by atoms with Gasteiger partial charge < -0.3 is 9.52 Å². The molecule has 0 aliphatic heterocycles. The van der Waals surface area contributed by atoms with Gasteiger partial charge in [0.25, 0.3) is 0 Å². The molecular formula is C43H52IrNO3-. The third-order valence-corrected chi connectivity index (χ3v) is 10.0. The summed E-state index contributed by atoms with van der Waals surface area (Å²) in [4.78, 5) is 16.9. The molecule has 6 rings (SSSR count). The molecule has 48 heavy (non-hydrogen) atoms. The molecule has 0 bridgehead atoms. The van der Waals surface area contributed by atoms with Crippen molar-refractivity contribution in [3.8, 4) is 11.3 Å². The van der Waals surface area contributed by atoms with E-state index < -0.39 is 0 Å². The van der Waals surface area contributed by atoms with Crippen LogP contribution in [0.5, 0.6) is 0 Å². The van der Waals surface area contributed by atoms with Crippen molar-refractivity contribution in [2.45, 2.75) is 107 Å². The van der Waals surface area contributed by atoms with Crippen LogP contribution in [0.15, 0.2) is 64.8 Å². The number of hydrogen-bond donors (Lipinski definition) is 1. The molecule has 2 heterocycles. The molecule has 0 unspecified atom stereocenters. The molecule has 0 saturated heterocycles. The molecule has 1 aliphatic rings. The summed E-state index contributed by atoms with van der Waals surface area (Å²) in [6.07, 6.45) is 5.88. The summed E-state index contributed by atoms with van der Waals surface area (Å²) < 4.78 is 6.55. The number of carbonyl (C=O) groups excluding carboxylic acids is 1. The van der Waals surface area contributed by atoms with Gasteiger partial charge >= 0.3 is 0 Å². The molecule has 0 saturated carbocycles. The second kappa shape index (κ2) is 14.7. The van der Waals surface area contributed by atoms with Crippen LogP contribution in [-0.2, 0) is 36.7 Å². The molecule has 0 spiro atoms. The van der Waals surface area contributed by atoms with Crippen LogP contribution in [0.2, 0.25) is 0 Å². The Hall–Kier alpha value is -3.27. The maximum Gasteiger partial charge on any atom is 0.162 e. The van der Waals surface area contributed by atoms with Gasteiger partial charge in [-0.1, -0.05) is 109 Å². The number of pyridine rings is 1. The Bertz CT molecular complexity index is 1970. The van der Waals surface area contributed by atoms with Crippen LogP contribution >= 0.6 is 0 Å². The fourth-order valence-corrected chi connectivity index (χ4v) is 7.22. The van der Waals surface area contributed by atoms with E-state index in [1.165, 1.54) is 39.1 Å². The Labute approximate surface area is 300 Å². The van der Waals surface area contributed by atoms with Gasteiger partial charge in [0.1, 0.15) is 5.58 Å².